The summed E-state index contributed by atoms with van der Waals surface area (Å²) in [6.07, 6.45) is 8.83. The molecule has 40 heavy (non-hydrogen) atoms. The van der Waals surface area contributed by atoms with Gasteiger partial charge in [-0.1, -0.05) is 27.7 Å². The minimum Gasteiger partial charge on any atom is -0.418 e. The van der Waals surface area contributed by atoms with Gasteiger partial charge in [0, 0.05) is 27.4 Å². The van der Waals surface area contributed by atoms with Crippen LogP contribution in [0.25, 0.3) is 0 Å². The van der Waals surface area contributed by atoms with E-state index in [1.54, 1.807) is 0 Å². The minimum atomic E-state index is -1.55. The molecule has 0 aliphatic heterocycles. The van der Waals surface area contributed by atoms with Crippen molar-refractivity contribution < 1.29 is 18.3 Å². The van der Waals surface area contributed by atoms with Crippen LogP contribution in [0.2, 0.25) is 39.3 Å². The highest BCUT2D eigenvalue weighted by Gasteiger charge is 2.35. The maximum atomic E-state index is 6.26. The molecule has 2 fully saturated rings. The summed E-state index contributed by atoms with van der Waals surface area (Å²) >= 11 is 0. The first-order valence-corrected chi connectivity index (χ1v) is 22.9. The van der Waals surface area contributed by atoms with Gasteiger partial charge in [-0.2, -0.15) is 0 Å². The third-order valence-electron chi connectivity index (χ3n) is 8.67. The quantitative estimate of drug-likeness (QED) is 0.109. The Morgan fingerprint density at radius 2 is 0.875 bits per heavy atom. The zero-order valence-corrected chi connectivity index (χ0v) is 30.2. The van der Waals surface area contributed by atoms with Crippen molar-refractivity contribution in [1.29, 1.82) is 0 Å². The topological polar surface area (TPSA) is 61.6 Å². The lowest BCUT2D eigenvalue weighted by molar-refractivity contribution is 0.0265. The first kappa shape index (κ1) is 35.8. The summed E-state index contributed by atoms with van der Waals surface area (Å²) in [5.74, 6) is 1.98. The normalized spacial score (nSPS) is 32.9. The zero-order valence-electron chi connectivity index (χ0n) is 28.2. The van der Waals surface area contributed by atoms with Gasteiger partial charge in [-0.15, -0.1) is 0 Å². The van der Waals surface area contributed by atoms with Crippen molar-refractivity contribution in [2.45, 2.75) is 143 Å². The van der Waals surface area contributed by atoms with Crippen LogP contribution in [-0.4, -0.2) is 79.8 Å². The van der Waals surface area contributed by atoms with E-state index in [-0.39, 0.29) is 0 Å². The van der Waals surface area contributed by atoms with E-state index in [0.717, 1.165) is 64.6 Å². The van der Waals surface area contributed by atoms with E-state index in [9.17, 15) is 0 Å². The molecule has 0 amide bonds. The predicted octanol–water partition coefficient (Wildman–Crippen LogP) is 8.03. The highest BCUT2D eigenvalue weighted by molar-refractivity contribution is 6.70. The number of rotatable bonds is 15. The molecule has 2 aliphatic carbocycles. The smallest absolute Gasteiger partial charge is 0.183 e. The fraction of sp³-hybridized carbons (Fsp3) is 0.938. The van der Waals surface area contributed by atoms with Crippen LogP contribution in [0, 0.1) is 23.7 Å². The van der Waals surface area contributed by atoms with Crippen LogP contribution in [-0.2, 0) is 18.3 Å². The molecule has 0 spiro atoms. The first-order chi connectivity index (χ1) is 18.6. The Labute approximate surface area is 249 Å². The van der Waals surface area contributed by atoms with Crippen molar-refractivity contribution in [3.63, 3.8) is 0 Å². The van der Waals surface area contributed by atoms with Gasteiger partial charge < -0.3 is 18.3 Å². The van der Waals surface area contributed by atoms with Gasteiger partial charge in [0.25, 0.3) is 0 Å². The summed E-state index contributed by atoms with van der Waals surface area (Å²) in [4.78, 5) is 11.2. The molecule has 2 rings (SSSR count). The Bertz CT molecular complexity index is 718. The van der Waals surface area contributed by atoms with Crippen molar-refractivity contribution in [1.82, 2.24) is 0 Å². The van der Waals surface area contributed by atoms with Gasteiger partial charge in [0.1, 0.15) is 0 Å². The lowest BCUT2D eigenvalue weighted by atomic mass is 9.77. The molecule has 0 saturated heterocycles. The van der Waals surface area contributed by atoms with Gasteiger partial charge >= 0.3 is 0 Å². The Morgan fingerprint density at radius 3 is 1.12 bits per heavy atom. The van der Waals surface area contributed by atoms with Crippen molar-refractivity contribution in [2.75, 3.05) is 27.4 Å². The van der Waals surface area contributed by atoms with E-state index < -0.39 is 16.6 Å². The van der Waals surface area contributed by atoms with E-state index in [4.69, 9.17) is 28.3 Å². The third kappa shape index (κ3) is 12.5. The van der Waals surface area contributed by atoms with E-state index in [1.165, 1.54) is 11.4 Å². The number of methoxy groups -OCH3 is 2. The second kappa shape index (κ2) is 16.5. The summed E-state index contributed by atoms with van der Waals surface area (Å²) in [6, 6.07) is 0.614. The van der Waals surface area contributed by atoms with Gasteiger partial charge in [-0.25, -0.2) is 0 Å². The Balaban J connectivity index is 2.40. The number of nitrogens with zero attached hydrogens (tertiary/aromatic N) is 2. The average molecular weight is 597 g/mol. The molecular formula is C32H64N2O4Si2. The predicted molar refractivity (Wildman–Crippen MR) is 176 cm³/mol. The molecule has 4 unspecified atom stereocenters. The number of ether oxygens (including phenoxy) is 2. The van der Waals surface area contributed by atoms with Gasteiger partial charge in [0.05, 0.1) is 35.7 Å². The zero-order chi connectivity index (χ0) is 30.1. The fourth-order valence-electron chi connectivity index (χ4n) is 6.59. The van der Waals surface area contributed by atoms with Crippen LogP contribution in [0.4, 0.5) is 0 Å². The van der Waals surface area contributed by atoms with E-state index in [0.29, 0.717) is 48.0 Å². The number of aliphatic imine (C=N–C) groups is 2. The molecule has 234 valence electrons. The Kier molecular flexibility index (Phi) is 14.7. The molecule has 2 aliphatic rings. The van der Waals surface area contributed by atoms with Crippen LogP contribution in [0.3, 0.4) is 0 Å². The summed E-state index contributed by atoms with van der Waals surface area (Å²) in [6.45, 7) is 24.6. The van der Waals surface area contributed by atoms with Crippen LogP contribution in [0.5, 0.6) is 0 Å². The largest absolute Gasteiger partial charge is 0.418 e. The van der Waals surface area contributed by atoms with Crippen LogP contribution < -0.4 is 0 Å². The minimum absolute atomic E-state index is 0.307. The number of hydrogen-bond acceptors (Lipinski definition) is 6. The van der Waals surface area contributed by atoms with Crippen LogP contribution >= 0.6 is 0 Å². The van der Waals surface area contributed by atoms with Crippen molar-refractivity contribution in [3.05, 3.63) is 0 Å². The van der Waals surface area contributed by atoms with Gasteiger partial charge in [-0.05, 0) is 114 Å². The summed E-state index contributed by atoms with van der Waals surface area (Å²) in [7, 11) is 0.608. The van der Waals surface area contributed by atoms with Crippen LogP contribution in [0.15, 0.2) is 9.98 Å². The van der Waals surface area contributed by atoms with E-state index in [2.05, 4.69) is 67.0 Å². The molecule has 0 aromatic carbocycles. The first-order valence-electron chi connectivity index (χ1n) is 16.1. The highest BCUT2D eigenvalue weighted by atomic mass is 28.4. The maximum absolute atomic E-state index is 6.26. The SMILES string of the molecule is COC1CC(C)C(N=C(CCCO[Si](C)(C)C)C(CCCO[Si](C)(C)C)=NC2C(C)CC(OC)CC2C)C(C)C1. The second-order valence-corrected chi connectivity index (χ2v) is 23.9. The Morgan fingerprint density at radius 1 is 0.575 bits per heavy atom. The fourth-order valence-corrected chi connectivity index (χ4v) is 8.10. The van der Waals surface area contributed by atoms with Crippen molar-refractivity contribution >= 4 is 28.1 Å². The van der Waals surface area contributed by atoms with Gasteiger partial charge in [0.2, 0.25) is 0 Å². The van der Waals surface area contributed by atoms with Crippen molar-refractivity contribution in [2.24, 2.45) is 33.7 Å². The molecule has 6 nitrogen and oxygen atoms in total. The third-order valence-corrected chi connectivity index (χ3v) is 10.8. The molecule has 0 heterocycles. The van der Waals surface area contributed by atoms with Gasteiger partial charge in [0.15, 0.2) is 16.6 Å². The molecule has 4 atom stereocenters. The average Bonchev–Trinajstić information content (AvgIpc) is 2.84. The molecular weight excluding hydrogens is 533 g/mol. The van der Waals surface area contributed by atoms with Crippen LogP contribution in [0.1, 0.15) is 79.1 Å². The molecule has 0 aromatic rings. The van der Waals surface area contributed by atoms with E-state index >= 15 is 0 Å². The summed E-state index contributed by atoms with van der Waals surface area (Å²) < 4.78 is 24.1. The lowest BCUT2D eigenvalue weighted by Crippen LogP contribution is -2.39. The van der Waals surface area contributed by atoms with Gasteiger partial charge in [-0.3, -0.25) is 9.98 Å². The summed E-state index contributed by atoms with van der Waals surface area (Å²) in [5.41, 5.74) is 2.44. The lowest BCUT2D eigenvalue weighted by Gasteiger charge is -2.38. The highest BCUT2D eigenvalue weighted by Crippen LogP contribution is 2.35. The standard InChI is InChI=1S/C32H64N2O4Si2/c1-23-19-27(35-5)20-24(2)31(23)33-29(15-13-17-37-39(7,8)9)30(16-14-18-38-40(10,11)12)34-32-25(3)21-28(36-6)22-26(32)4/h23-28,31-32H,13-22H2,1-12H3. The molecule has 0 aromatic heterocycles. The van der Waals surface area contributed by atoms with E-state index in [1.807, 2.05) is 14.2 Å². The molecule has 2 saturated carbocycles. The monoisotopic (exact) mass is 596 g/mol. The molecule has 0 N–H and O–H groups in total. The molecule has 0 radical (unpaired) electrons. The Hall–Kier alpha value is -0.386. The number of hydrogen-bond donors (Lipinski definition) is 0. The molecule has 8 heteroatoms. The molecule has 0 bridgehead atoms. The second-order valence-electron chi connectivity index (χ2n) is 14.8. The van der Waals surface area contributed by atoms with Crippen molar-refractivity contribution in [3.8, 4) is 0 Å². The maximum Gasteiger partial charge on any atom is 0.183 e. The summed E-state index contributed by atoms with van der Waals surface area (Å²) in [5, 5.41) is 0.